The maximum Gasteiger partial charge on any atom is 0.0373 e. The van der Waals surface area contributed by atoms with E-state index in [2.05, 4.69) is 41.4 Å². The molecule has 2 aliphatic rings. The fourth-order valence-corrected chi connectivity index (χ4v) is 3.18. The maximum atomic E-state index is 3.63. The fourth-order valence-electron chi connectivity index (χ4n) is 3.18. The van der Waals surface area contributed by atoms with Crippen LogP contribution in [0.15, 0.2) is 24.3 Å². The van der Waals surface area contributed by atoms with Crippen molar-refractivity contribution in [1.29, 1.82) is 0 Å². The van der Waals surface area contributed by atoms with E-state index in [0.717, 1.165) is 18.5 Å². The van der Waals surface area contributed by atoms with Crippen LogP contribution in [-0.4, -0.2) is 30.6 Å². The zero-order chi connectivity index (χ0) is 11.7. The third kappa shape index (κ3) is 2.32. The first-order valence-corrected chi connectivity index (χ1v) is 6.89. The van der Waals surface area contributed by atoms with Gasteiger partial charge < -0.3 is 5.32 Å². The van der Waals surface area contributed by atoms with Gasteiger partial charge in [-0.25, -0.2) is 0 Å². The van der Waals surface area contributed by atoms with Crippen molar-refractivity contribution in [2.45, 2.75) is 32.2 Å². The van der Waals surface area contributed by atoms with Crippen LogP contribution in [-0.2, 0) is 6.42 Å². The number of aryl methyl sites for hydroxylation is 1. The number of anilines is 1. The van der Waals surface area contributed by atoms with Gasteiger partial charge >= 0.3 is 0 Å². The van der Waals surface area contributed by atoms with E-state index in [4.69, 9.17) is 0 Å². The number of para-hydroxylation sites is 1. The molecule has 2 atom stereocenters. The van der Waals surface area contributed by atoms with Gasteiger partial charge in [0.25, 0.3) is 0 Å². The fraction of sp³-hybridized carbons (Fsp3) is 0.600. The summed E-state index contributed by atoms with van der Waals surface area (Å²) in [6.45, 7) is 6.08. The number of nitrogens with zero attached hydrogens (tertiary/aromatic N) is 1. The van der Waals surface area contributed by atoms with Gasteiger partial charge in [0.15, 0.2) is 0 Å². The van der Waals surface area contributed by atoms with Crippen LogP contribution in [0.4, 0.5) is 5.69 Å². The minimum Gasteiger partial charge on any atom is -0.383 e. The van der Waals surface area contributed by atoms with E-state index in [0.29, 0.717) is 0 Å². The first-order chi connectivity index (χ1) is 8.33. The molecular formula is C15H22N2. The Labute approximate surface area is 104 Å². The lowest BCUT2D eigenvalue weighted by Crippen LogP contribution is -2.38. The van der Waals surface area contributed by atoms with Crippen molar-refractivity contribution in [3.05, 3.63) is 29.8 Å². The highest BCUT2D eigenvalue weighted by atomic mass is 15.2. The van der Waals surface area contributed by atoms with Gasteiger partial charge in [0, 0.05) is 24.8 Å². The minimum atomic E-state index is 0.729. The molecule has 2 heterocycles. The third-order valence-electron chi connectivity index (χ3n) is 4.26. The number of likely N-dealkylation sites (tertiary alicyclic amines) is 1. The van der Waals surface area contributed by atoms with E-state index in [1.807, 2.05) is 0 Å². The number of hydrogen-bond donors (Lipinski definition) is 1. The molecule has 1 aromatic rings. The zero-order valence-corrected chi connectivity index (χ0v) is 10.7. The lowest BCUT2D eigenvalue weighted by atomic mass is 10.1. The van der Waals surface area contributed by atoms with Gasteiger partial charge in [0.2, 0.25) is 0 Å². The largest absolute Gasteiger partial charge is 0.383 e. The van der Waals surface area contributed by atoms with Crippen molar-refractivity contribution in [1.82, 2.24) is 4.90 Å². The normalized spacial score (nSPS) is 29.5. The van der Waals surface area contributed by atoms with Crippen LogP contribution in [0.5, 0.6) is 0 Å². The number of fused-ring (bicyclic) bond motifs is 1. The van der Waals surface area contributed by atoms with Gasteiger partial charge in [-0.15, -0.1) is 0 Å². The molecule has 1 N–H and O–H groups in total. The molecule has 1 saturated heterocycles. The predicted molar refractivity (Wildman–Crippen MR) is 72.4 cm³/mol. The Balaban J connectivity index is 1.69. The highest BCUT2D eigenvalue weighted by Gasteiger charge is 2.27. The molecule has 2 unspecified atom stereocenters. The van der Waals surface area contributed by atoms with E-state index < -0.39 is 0 Å². The van der Waals surface area contributed by atoms with E-state index in [-0.39, 0.29) is 0 Å². The second kappa shape index (κ2) is 4.69. The summed E-state index contributed by atoms with van der Waals surface area (Å²) in [5, 5.41) is 3.63. The molecule has 2 nitrogen and oxygen atoms in total. The van der Waals surface area contributed by atoms with Crippen LogP contribution in [0, 0.1) is 5.92 Å². The maximum absolute atomic E-state index is 3.63. The van der Waals surface area contributed by atoms with Crippen LogP contribution in [0.25, 0.3) is 0 Å². The molecule has 0 aliphatic carbocycles. The monoisotopic (exact) mass is 230 g/mol. The number of hydrogen-bond acceptors (Lipinski definition) is 2. The number of rotatable bonds is 1. The summed E-state index contributed by atoms with van der Waals surface area (Å²) in [6.07, 6.45) is 3.90. The highest BCUT2D eigenvalue weighted by Crippen LogP contribution is 2.25. The van der Waals surface area contributed by atoms with Gasteiger partial charge in [-0.2, -0.15) is 0 Å². The van der Waals surface area contributed by atoms with Gasteiger partial charge in [0.05, 0.1) is 0 Å². The van der Waals surface area contributed by atoms with Gasteiger partial charge in [-0.1, -0.05) is 25.1 Å². The molecule has 2 heteroatoms. The van der Waals surface area contributed by atoms with Crippen molar-refractivity contribution >= 4 is 5.69 Å². The second-order valence-electron chi connectivity index (χ2n) is 5.62. The van der Waals surface area contributed by atoms with Crippen LogP contribution in [0.3, 0.4) is 0 Å². The molecule has 0 amide bonds. The molecule has 92 valence electrons. The third-order valence-corrected chi connectivity index (χ3v) is 4.26. The van der Waals surface area contributed by atoms with Gasteiger partial charge in [-0.3, -0.25) is 4.90 Å². The molecule has 17 heavy (non-hydrogen) atoms. The topological polar surface area (TPSA) is 15.3 Å². The Hall–Kier alpha value is -1.02. The van der Waals surface area contributed by atoms with Crippen LogP contribution in [0.1, 0.15) is 25.3 Å². The summed E-state index contributed by atoms with van der Waals surface area (Å²) in [5.41, 5.74) is 2.84. The zero-order valence-electron chi connectivity index (χ0n) is 10.7. The molecule has 3 rings (SSSR count). The Morgan fingerprint density at radius 3 is 2.94 bits per heavy atom. The number of benzene rings is 1. The Morgan fingerprint density at radius 2 is 2.12 bits per heavy atom. The summed E-state index contributed by atoms with van der Waals surface area (Å²) < 4.78 is 0. The average Bonchev–Trinajstić information content (AvgIpc) is 2.66. The first kappa shape index (κ1) is 11.1. The summed E-state index contributed by atoms with van der Waals surface area (Å²) >= 11 is 0. The van der Waals surface area contributed by atoms with E-state index >= 15 is 0 Å². The van der Waals surface area contributed by atoms with Crippen molar-refractivity contribution in [3.63, 3.8) is 0 Å². The smallest absolute Gasteiger partial charge is 0.0373 e. The van der Waals surface area contributed by atoms with Crippen molar-refractivity contribution in [2.75, 3.05) is 25.0 Å². The summed E-state index contributed by atoms with van der Waals surface area (Å²) in [5.74, 6) is 0.889. The van der Waals surface area contributed by atoms with Gasteiger partial charge in [0.1, 0.15) is 0 Å². The molecule has 0 aromatic heterocycles. The number of nitrogens with one attached hydrogen (secondary N) is 1. The molecule has 2 aliphatic heterocycles. The molecule has 0 saturated carbocycles. The van der Waals surface area contributed by atoms with Crippen LogP contribution < -0.4 is 5.32 Å². The Bertz CT molecular complexity index is 361. The van der Waals surface area contributed by atoms with Crippen molar-refractivity contribution < 1.29 is 0 Å². The quantitative estimate of drug-likeness (QED) is 0.798. The first-order valence-electron chi connectivity index (χ1n) is 6.89. The molecule has 1 fully saturated rings. The molecule has 0 bridgehead atoms. The minimum absolute atomic E-state index is 0.729. The Kier molecular flexibility index (Phi) is 3.06. The summed E-state index contributed by atoms with van der Waals surface area (Å²) in [7, 11) is 0. The Morgan fingerprint density at radius 1 is 1.24 bits per heavy atom. The second-order valence-corrected chi connectivity index (χ2v) is 5.62. The standard InChI is InChI=1S/C15H22N2/c1-12-8-9-17(11-12)14-7-6-13-4-2-3-5-15(13)16-10-14/h2-5,12,14,16H,6-11H2,1H3. The predicted octanol–water partition coefficient (Wildman–Crippen LogP) is 2.76. The molecule has 1 aromatic carbocycles. The molecular weight excluding hydrogens is 208 g/mol. The van der Waals surface area contributed by atoms with E-state index in [1.165, 1.54) is 43.6 Å². The summed E-state index contributed by atoms with van der Waals surface area (Å²) in [4.78, 5) is 2.68. The molecule has 0 spiro atoms. The lowest BCUT2D eigenvalue weighted by Gasteiger charge is -2.26. The molecule has 0 radical (unpaired) electrons. The van der Waals surface area contributed by atoms with Crippen LogP contribution in [0.2, 0.25) is 0 Å². The van der Waals surface area contributed by atoms with Gasteiger partial charge in [-0.05, 0) is 43.4 Å². The van der Waals surface area contributed by atoms with E-state index in [9.17, 15) is 0 Å². The summed E-state index contributed by atoms with van der Waals surface area (Å²) in [6, 6.07) is 9.48. The van der Waals surface area contributed by atoms with Crippen LogP contribution >= 0.6 is 0 Å². The van der Waals surface area contributed by atoms with E-state index in [1.54, 1.807) is 0 Å². The SMILES string of the molecule is CC1CCN(C2CCc3ccccc3NC2)C1. The highest BCUT2D eigenvalue weighted by molar-refractivity contribution is 5.52. The average molecular weight is 230 g/mol. The lowest BCUT2D eigenvalue weighted by molar-refractivity contribution is 0.235. The van der Waals surface area contributed by atoms with Crippen molar-refractivity contribution in [2.24, 2.45) is 5.92 Å². The van der Waals surface area contributed by atoms with Crippen molar-refractivity contribution in [3.8, 4) is 0 Å².